The van der Waals surface area contributed by atoms with Crippen molar-refractivity contribution < 1.29 is 8.42 Å². The van der Waals surface area contributed by atoms with Gasteiger partial charge in [-0.3, -0.25) is 0 Å². The summed E-state index contributed by atoms with van der Waals surface area (Å²) < 4.78 is 25.1. The van der Waals surface area contributed by atoms with Crippen LogP contribution in [0.1, 0.15) is 0 Å². The lowest BCUT2D eigenvalue weighted by Crippen LogP contribution is -2.24. The molecule has 0 atom stereocenters. The summed E-state index contributed by atoms with van der Waals surface area (Å²) in [5.41, 5.74) is 0. The van der Waals surface area contributed by atoms with Gasteiger partial charge in [-0.2, -0.15) is 0 Å². The van der Waals surface area contributed by atoms with Gasteiger partial charge in [0.25, 0.3) is 10.0 Å². The molecule has 0 spiro atoms. The van der Waals surface area contributed by atoms with Crippen LogP contribution in [-0.4, -0.2) is 19.9 Å². The number of hydrogen-bond donors (Lipinski definition) is 1. The quantitative estimate of drug-likeness (QED) is 0.718. The van der Waals surface area contributed by atoms with Crippen molar-refractivity contribution in [3.63, 3.8) is 0 Å². The molecule has 5 heteroatoms. The lowest BCUT2D eigenvalue weighted by molar-refractivity contribution is 0.582. The summed E-state index contributed by atoms with van der Waals surface area (Å²) >= 11 is 0. The molecule has 0 fully saturated rings. The molecule has 0 aliphatic rings. The number of hydrogen-bond acceptors (Lipinski definition) is 3. The molecule has 4 nitrogen and oxygen atoms in total. The highest BCUT2D eigenvalue weighted by atomic mass is 32.2. The predicted octanol–water partition coefficient (Wildman–Crippen LogP) is 0.546. The van der Waals surface area contributed by atoms with E-state index in [2.05, 4.69) is 16.3 Å². The largest absolute Gasteiger partial charge is 0.258 e. The number of nitrogens with zero attached hydrogens (tertiary/aromatic N) is 1. The van der Waals surface area contributed by atoms with Crippen LogP contribution in [0.4, 0.5) is 0 Å². The van der Waals surface area contributed by atoms with Crippen LogP contribution in [0.3, 0.4) is 0 Å². The number of aromatic nitrogens is 1. The Hall–Kier alpha value is -1.20. The van der Waals surface area contributed by atoms with E-state index >= 15 is 0 Å². The summed E-state index contributed by atoms with van der Waals surface area (Å²) in [6, 6.07) is 4.72. The topological polar surface area (TPSA) is 59.1 Å². The van der Waals surface area contributed by atoms with Crippen LogP contribution >= 0.6 is 0 Å². The lowest BCUT2D eigenvalue weighted by Gasteiger charge is -2.01. The van der Waals surface area contributed by atoms with Crippen LogP contribution in [0.5, 0.6) is 0 Å². The number of nitrogens with one attached hydrogen (secondary N) is 1. The van der Waals surface area contributed by atoms with E-state index in [1.54, 1.807) is 12.1 Å². The zero-order valence-corrected chi connectivity index (χ0v) is 7.79. The maximum atomic E-state index is 11.4. The summed E-state index contributed by atoms with van der Waals surface area (Å²) in [5, 5.41) is 0.0249. The van der Waals surface area contributed by atoms with Gasteiger partial charge in [0, 0.05) is 12.7 Å². The first-order valence-corrected chi connectivity index (χ1v) is 5.17. The maximum Gasteiger partial charge on any atom is 0.258 e. The van der Waals surface area contributed by atoms with Crippen LogP contribution in [-0.2, 0) is 10.0 Å². The highest BCUT2D eigenvalue weighted by molar-refractivity contribution is 7.89. The third-order valence-electron chi connectivity index (χ3n) is 1.33. The van der Waals surface area contributed by atoms with E-state index in [-0.39, 0.29) is 11.6 Å². The normalized spacial score (nSPS) is 11.1. The molecule has 1 N–H and O–H groups in total. The van der Waals surface area contributed by atoms with Crippen molar-refractivity contribution in [2.24, 2.45) is 0 Å². The predicted molar refractivity (Wildman–Crippen MR) is 49.6 cm³/mol. The fraction of sp³-hybridized carbons (Fsp3) is 0.125. The maximum absolute atomic E-state index is 11.4. The van der Waals surface area contributed by atoms with Crippen LogP contribution in [0.15, 0.2) is 42.1 Å². The molecule has 13 heavy (non-hydrogen) atoms. The minimum atomic E-state index is -3.45. The first kappa shape index (κ1) is 9.88. The van der Waals surface area contributed by atoms with Gasteiger partial charge in [-0.15, -0.1) is 6.58 Å². The molecule has 0 aliphatic heterocycles. The monoisotopic (exact) mass is 198 g/mol. The van der Waals surface area contributed by atoms with Crippen molar-refractivity contribution in [2.75, 3.05) is 6.54 Å². The molecular weight excluding hydrogens is 188 g/mol. The van der Waals surface area contributed by atoms with E-state index in [0.717, 1.165) is 0 Å². The fourth-order valence-electron chi connectivity index (χ4n) is 0.749. The molecule has 1 aromatic rings. The third-order valence-corrected chi connectivity index (χ3v) is 2.67. The van der Waals surface area contributed by atoms with Crippen molar-refractivity contribution in [3.8, 4) is 0 Å². The molecule has 0 aliphatic carbocycles. The molecule has 0 bridgehead atoms. The second-order valence-corrected chi connectivity index (χ2v) is 4.02. The first-order valence-electron chi connectivity index (χ1n) is 3.68. The molecule has 0 saturated carbocycles. The summed E-state index contributed by atoms with van der Waals surface area (Å²) in [6.07, 6.45) is 2.91. The van der Waals surface area contributed by atoms with Crippen molar-refractivity contribution in [1.29, 1.82) is 0 Å². The van der Waals surface area contributed by atoms with E-state index in [1.165, 1.54) is 18.3 Å². The molecule has 0 amide bonds. The number of pyridine rings is 1. The Bertz CT molecular complexity index is 372. The Morgan fingerprint density at radius 2 is 2.31 bits per heavy atom. The fourth-order valence-corrected chi connectivity index (χ4v) is 1.69. The van der Waals surface area contributed by atoms with Crippen molar-refractivity contribution >= 4 is 10.0 Å². The van der Waals surface area contributed by atoms with Gasteiger partial charge in [-0.1, -0.05) is 12.1 Å². The van der Waals surface area contributed by atoms with Crippen molar-refractivity contribution in [1.82, 2.24) is 9.71 Å². The summed E-state index contributed by atoms with van der Waals surface area (Å²) in [6.45, 7) is 3.62. The second kappa shape index (κ2) is 4.15. The van der Waals surface area contributed by atoms with Crippen LogP contribution in [0.2, 0.25) is 0 Å². The van der Waals surface area contributed by atoms with Gasteiger partial charge >= 0.3 is 0 Å². The van der Waals surface area contributed by atoms with Gasteiger partial charge in [0.05, 0.1) is 0 Å². The van der Waals surface area contributed by atoms with Crippen molar-refractivity contribution in [2.45, 2.75) is 5.03 Å². The summed E-state index contributed by atoms with van der Waals surface area (Å²) in [5.74, 6) is 0. The van der Waals surface area contributed by atoms with Crippen LogP contribution in [0.25, 0.3) is 0 Å². The molecular formula is C8H10N2O2S. The first-order chi connectivity index (χ1) is 6.17. The van der Waals surface area contributed by atoms with Gasteiger partial charge in [0.1, 0.15) is 0 Å². The average Bonchev–Trinajstić information content (AvgIpc) is 2.16. The van der Waals surface area contributed by atoms with E-state index in [0.29, 0.717) is 0 Å². The molecule has 1 aromatic heterocycles. The molecule has 0 aromatic carbocycles. The van der Waals surface area contributed by atoms with Gasteiger partial charge < -0.3 is 0 Å². The molecule has 1 rings (SSSR count). The van der Waals surface area contributed by atoms with E-state index in [4.69, 9.17) is 0 Å². The second-order valence-electron chi connectivity index (χ2n) is 2.31. The van der Waals surface area contributed by atoms with Gasteiger partial charge in [-0.05, 0) is 12.1 Å². The zero-order chi connectivity index (χ0) is 9.73. The average molecular weight is 198 g/mol. The molecule has 70 valence electrons. The van der Waals surface area contributed by atoms with Crippen molar-refractivity contribution in [3.05, 3.63) is 37.1 Å². The Balaban J connectivity index is 2.88. The summed E-state index contributed by atoms with van der Waals surface area (Å²) in [4.78, 5) is 3.72. The van der Waals surface area contributed by atoms with E-state index < -0.39 is 10.0 Å². The Morgan fingerprint density at radius 1 is 1.54 bits per heavy atom. The highest BCUT2D eigenvalue weighted by Gasteiger charge is 2.12. The zero-order valence-electron chi connectivity index (χ0n) is 6.97. The minimum Gasteiger partial charge on any atom is -0.243 e. The number of sulfonamides is 1. The van der Waals surface area contributed by atoms with Gasteiger partial charge in [0.2, 0.25) is 0 Å². The number of rotatable bonds is 4. The summed E-state index contributed by atoms with van der Waals surface area (Å²) in [7, 11) is -3.45. The highest BCUT2D eigenvalue weighted by Crippen LogP contribution is 2.01. The van der Waals surface area contributed by atoms with Crippen LogP contribution in [0, 0.1) is 0 Å². The molecule has 0 saturated heterocycles. The smallest absolute Gasteiger partial charge is 0.243 e. The Kier molecular flexibility index (Phi) is 3.16. The standard InChI is InChI=1S/C8H10N2O2S/c1-2-6-10-13(11,12)8-5-3-4-7-9-8/h2-5,7,10H,1,6H2. The van der Waals surface area contributed by atoms with Gasteiger partial charge in [0.15, 0.2) is 5.03 Å². The third kappa shape index (κ3) is 2.64. The lowest BCUT2D eigenvalue weighted by atomic mass is 10.5. The Labute approximate surface area is 77.4 Å². The molecule has 0 radical (unpaired) electrons. The molecule has 0 unspecified atom stereocenters. The van der Waals surface area contributed by atoms with Crippen LogP contribution < -0.4 is 4.72 Å². The Morgan fingerprint density at radius 3 is 2.85 bits per heavy atom. The van der Waals surface area contributed by atoms with Gasteiger partial charge in [-0.25, -0.2) is 18.1 Å². The van der Waals surface area contributed by atoms with E-state index in [1.807, 2.05) is 0 Å². The minimum absolute atomic E-state index is 0.0249. The SMILES string of the molecule is C=CCNS(=O)(=O)c1ccccn1. The molecule has 1 heterocycles. The van der Waals surface area contributed by atoms with E-state index in [9.17, 15) is 8.42 Å².